The van der Waals surface area contributed by atoms with Crippen LogP contribution in [0, 0.1) is 0 Å². The Morgan fingerprint density at radius 2 is 1.96 bits per heavy atom. The number of carbonyl (C=O) groups is 1. The number of carbonyl (C=O) groups excluding carboxylic acids is 1. The zero-order valence-electron chi connectivity index (χ0n) is 12.7. The van der Waals surface area contributed by atoms with Crippen LogP contribution in [0.25, 0.3) is 0 Å². The second-order valence-corrected chi connectivity index (χ2v) is 9.79. The molecule has 126 valence electrons. The maximum absolute atomic E-state index is 12.8. The quantitative estimate of drug-likeness (QED) is 0.802. The van der Waals surface area contributed by atoms with Gasteiger partial charge in [0.1, 0.15) is 4.21 Å². The number of hydrogen-bond donors (Lipinski definition) is 0. The average molecular weight is 383 g/mol. The molecule has 0 saturated carbocycles. The maximum atomic E-state index is 12.8. The first-order chi connectivity index (χ1) is 11.5. The summed E-state index contributed by atoms with van der Waals surface area (Å²) in [5, 5.41) is 0. The van der Waals surface area contributed by atoms with Gasteiger partial charge in [-0.2, -0.15) is 4.31 Å². The highest BCUT2D eigenvalue weighted by Gasteiger charge is 2.41. The number of hydrogen-bond acceptors (Lipinski definition) is 4. The van der Waals surface area contributed by atoms with Crippen molar-refractivity contribution >= 4 is 38.9 Å². The maximum Gasteiger partial charge on any atom is 0.253 e. The van der Waals surface area contributed by atoms with Crippen molar-refractivity contribution in [2.75, 3.05) is 19.6 Å². The summed E-state index contributed by atoms with van der Waals surface area (Å²) >= 11 is 6.89. The third-order valence-corrected chi connectivity index (χ3v) is 8.07. The van der Waals surface area contributed by atoms with Gasteiger partial charge in [-0.3, -0.25) is 4.79 Å². The third-order valence-electron chi connectivity index (χ3n) is 4.56. The van der Waals surface area contributed by atoms with Gasteiger partial charge >= 0.3 is 0 Å². The van der Waals surface area contributed by atoms with Crippen LogP contribution < -0.4 is 0 Å². The molecule has 0 spiro atoms. The van der Waals surface area contributed by atoms with Crippen LogP contribution in [0.1, 0.15) is 17.2 Å². The number of piperazine rings is 1. The number of thiophene rings is 1. The molecule has 1 atom stereocenters. The molecule has 2 aliphatic heterocycles. The van der Waals surface area contributed by atoms with Crippen LogP contribution in [0.15, 0.2) is 40.6 Å². The van der Waals surface area contributed by atoms with E-state index in [0.29, 0.717) is 10.9 Å². The number of sulfonamides is 1. The van der Waals surface area contributed by atoms with Gasteiger partial charge in [0, 0.05) is 13.1 Å². The summed E-state index contributed by atoms with van der Waals surface area (Å²) in [6, 6.07) is 10.8. The fraction of sp³-hybridized carbons (Fsp3) is 0.312. The Kier molecular flexibility index (Phi) is 3.91. The van der Waals surface area contributed by atoms with E-state index < -0.39 is 10.0 Å². The highest BCUT2D eigenvalue weighted by molar-refractivity contribution is 7.91. The van der Waals surface area contributed by atoms with E-state index in [4.69, 9.17) is 11.6 Å². The zero-order chi connectivity index (χ0) is 16.9. The number of amides is 1. The molecule has 1 fully saturated rings. The second-order valence-electron chi connectivity index (χ2n) is 5.91. The molecule has 24 heavy (non-hydrogen) atoms. The van der Waals surface area contributed by atoms with Gasteiger partial charge < -0.3 is 4.90 Å². The first kappa shape index (κ1) is 16.1. The molecule has 5 nitrogen and oxygen atoms in total. The SMILES string of the molecule is O=C1CN(S(=O)(=O)c2ccc(Cl)s2)C[C@@H]2c3ccccc3CCN12. The van der Waals surface area contributed by atoms with E-state index in [-0.39, 0.29) is 29.2 Å². The van der Waals surface area contributed by atoms with E-state index in [1.807, 2.05) is 24.3 Å². The zero-order valence-corrected chi connectivity index (χ0v) is 15.1. The van der Waals surface area contributed by atoms with Gasteiger partial charge in [-0.05, 0) is 29.7 Å². The van der Waals surface area contributed by atoms with Crippen LogP contribution in [-0.4, -0.2) is 43.2 Å². The van der Waals surface area contributed by atoms with E-state index >= 15 is 0 Å². The summed E-state index contributed by atoms with van der Waals surface area (Å²) in [6.45, 7) is 0.802. The molecule has 0 radical (unpaired) electrons. The van der Waals surface area contributed by atoms with Crippen molar-refractivity contribution in [3.05, 3.63) is 51.9 Å². The Morgan fingerprint density at radius 1 is 1.17 bits per heavy atom. The minimum atomic E-state index is -3.71. The van der Waals surface area contributed by atoms with Gasteiger partial charge in [0.15, 0.2) is 0 Å². The van der Waals surface area contributed by atoms with Crippen LogP contribution in [0.3, 0.4) is 0 Å². The monoisotopic (exact) mass is 382 g/mol. The number of rotatable bonds is 2. The van der Waals surface area contributed by atoms with Crippen LogP contribution in [0.5, 0.6) is 0 Å². The van der Waals surface area contributed by atoms with Gasteiger partial charge in [0.2, 0.25) is 5.91 Å². The second kappa shape index (κ2) is 5.84. The van der Waals surface area contributed by atoms with Crippen LogP contribution >= 0.6 is 22.9 Å². The third kappa shape index (κ3) is 2.56. The summed E-state index contributed by atoms with van der Waals surface area (Å²) in [6.07, 6.45) is 0.811. The summed E-state index contributed by atoms with van der Waals surface area (Å²) in [4.78, 5) is 14.3. The Morgan fingerprint density at radius 3 is 2.71 bits per heavy atom. The van der Waals surface area contributed by atoms with Gasteiger partial charge in [-0.25, -0.2) is 8.42 Å². The smallest absolute Gasteiger partial charge is 0.253 e. The predicted molar refractivity (Wildman–Crippen MR) is 92.7 cm³/mol. The highest BCUT2D eigenvalue weighted by Crippen LogP contribution is 2.36. The minimum absolute atomic E-state index is 0.115. The topological polar surface area (TPSA) is 57.7 Å². The van der Waals surface area contributed by atoms with E-state index in [0.717, 1.165) is 23.3 Å². The lowest BCUT2D eigenvalue weighted by atomic mass is 9.91. The van der Waals surface area contributed by atoms with Gasteiger partial charge in [-0.1, -0.05) is 35.9 Å². The fourth-order valence-electron chi connectivity index (χ4n) is 3.39. The molecular weight excluding hydrogens is 368 g/mol. The molecule has 0 unspecified atom stereocenters. The normalized spacial score (nSPS) is 21.5. The van der Waals surface area contributed by atoms with Crippen molar-refractivity contribution < 1.29 is 13.2 Å². The molecule has 3 heterocycles. The van der Waals surface area contributed by atoms with Gasteiger partial charge in [0.25, 0.3) is 10.0 Å². The van der Waals surface area contributed by atoms with E-state index in [1.165, 1.54) is 15.9 Å². The standard InChI is InChI=1S/C16H15ClN2O3S2/c17-14-5-6-16(23-14)24(21,22)18-9-13-12-4-2-1-3-11(12)7-8-19(13)15(20)10-18/h1-6,13H,7-10H2/t13-/m1/s1. The van der Waals surface area contributed by atoms with Crippen LogP contribution in [0.4, 0.5) is 0 Å². The Bertz CT molecular complexity index is 910. The number of benzene rings is 1. The molecule has 0 aliphatic carbocycles. The molecule has 1 aromatic heterocycles. The minimum Gasteiger partial charge on any atom is -0.333 e. The summed E-state index contributed by atoms with van der Waals surface area (Å²) in [7, 11) is -3.71. The van der Waals surface area contributed by atoms with Gasteiger partial charge in [-0.15, -0.1) is 11.3 Å². The molecule has 1 aromatic carbocycles. The molecular formula is C16H15ClN2O3S2. The van der Waals surface area contributed by atoms with Crippen LogP contribution in [0.2, 0.25) is 4.34 Å². The Balaban J connectivity index is 1.71. The van der Waals surface area contributed by atoms with E-state index in [9.17, 15) is 13.2 Å². The lowest BCUT2D eigenvalue weighted by molar-refractivity contribution is -0.138. The largest absolute Gasteiger partial charge is 0.333 e. The lowest BCUT2D eigenvalue weighted by Crippen LogP contribution is -2.55. The molecule has 8 heteroatoms. The lowest BCUT2D eigenvalue weighted by Gasteiger charge is -2.43. The first-order valence-electron chi connectivity index (χ1n) is 7.59. The van der Waals surface area contributed by atoms with E-state index in [2.05, 4.69) is 0 Å². The van der Waals surface area contributed by atoms with Crippen molar-refractivity contribution in [1.82, 2.24) is 9.21 Å². The van der Waals surface area contributed by atoms with Crippen molar-refractivity contribution in [3.8, 4) is 0 Å². The first-order valence-corrected chi connectivity index (χ1v) is 10.2. The van der Waals surface area contributed by atoms with Crippen molar-refractivity contribution in [2.24, 2.45) is 0 Å². The van der Waals surface area contributed by atoms with Crippen molar-refractivity contribution in [1.29, 1.82) is 0 Å². The van der Waals surface area contributed by atoms with Crippen molar-refractivity contribution in [2.45, 2.75) is 16.7 Å². The van der Waals surface area contributed by atoms with Gasteiger partial charge in [0.05, 0.1) is 16.9 Å². The number of fused-ring (bicyclic) bond motifs is 3. The predicted octanol–water partition coefficient (Wildman–Crippen LogP) is 2.53. The highest BCUT2D eigenvalue weighted by atomic mass is 35.5. The Labute approximate surface area is 149 Å². The summed E-state index contributed by atoms with van der Waals surface area (Å²) in [5.41, 5.74) is 2.23. The fourth-order valence-corrected chi connectivity index (χ4v) is 6.43. The number of halogens is 1. The summed E-state index contributed by atoms with van der Waals surface area (Å²) in [5.74, 6) is -0.146. The average Bonchev–Trinajstić information content (AvgIpc) is 3.02. The Hall–Kier alpha value is -1.41. The number of nitrogens with zero attached hydrogens (tertiary/aromatic N) is 2. The van der Waals surface area contributed by atoms with Crippen molar-refractivity contribution in [3.63, 3.8) is 0 Å². The molecule has 0 bridgehead atoms. The van der Waals surface area contributed by atoms with E-state index in [1.54, 1.807) is 11.0 Å². The molecule has 0 N–H and O–H groups in total. The van der Waals surface area contributed by atoms with Crippen LogP contribution in [-0.2, 0) is 21.2 Å². The molecule has 1 saturated heterocycles. The molecule has 2 aliphatic rings. The molecule has 1 amide bonds. The summed E-state index contributed by atoms with van der Waals surface area (Å²) < 4.78 is 27.6. The molecule has 4 rings (SSSR count). The molecule has 2 aromatic rings.